The first-order valence-electron chi connectivity index (χ1n) is 5.21. The Labute approximate surface area is 111 Å². The summed E-state index contributed by atoms with van der Waals surface area (Å²) in [6, 6.07) is 18.1. The second kappa shape index (κ2) is 5.86. The fraction of sp³-hybridized carbons (Fsp3) is 0.0714. The Morgan fingerprint density at radius 3 is 2.12 bits per heavy atom. The Hall–Kier alpha value is -1.30. The topological polar surface area (TPSA) is 26.3 Å². The van der Waals surface area contributed by atoms with Gasteiger partial charge in [-0.2, -0.15) is 0 Å². The number of rotatable bonds is 3. The Bertz CT molecular complexity index is 491. The van der Waals surface area contributed by atoms with Gasteiger partial charge < -0.3 is 0 Å². The van der Waals surface area contributed by atoms with E-state index in [-0.39, 0.29) is 26.9 Å². The van der Waals surface area contributed by atoms with E-state index in [2.05, 4.69) is 29.0 Å². The van der Waals surface area contributed by atoms with E-state index in [9.17, 15) is 4.79 Å². The van der Waals surface area contributed by atoms with E-state index < -0.39 is 0 Å². The standard InChI is InChI=1S/C14H12O2Te/c1-16-14(15)11-7-9-13(10-8-11)17-12-5-3-2-4-6-12/h2-10H,1H3. The van der Waals surface area contributed by atoms with Gasteiger partial charge >= 0.3 is 111 Å². The molecule has 0 N–H and O–H groups in total. The van der Waals surface area contributed by atoms with Crippen LogP contribution in [0.25, 0.3) is 0 Å². The number of carbonyl (C=O) groups excluding carboxylic acids is 1. The van der Waals surface area contributed by atoms with Crippen LogP contribution in [-0.4, -0.2) is 34.0 Å². The average Bonchev–Trinajstić information content (AvgIpc) is 2.40. The first kappa shape index (κ1) is 12.2. The molecule has 0 bridgehead atoms. The maximum absolute atomic E-state index is 11.3. The van der Waals surface area contributed by atoms with Crippen molar-refractivity contribution in [3.8, 4) is 0 Å². The van der Waals surface area contributed by atoms with Crippen molar-refractivity contribution in [1.29, 1.82) is 0 Å². The average molecular weight is 340 g/mol. The summed E-state index contributed by atoms with van der Waals surface area (Å²) in [5.41, 5.74) is 0.608. The third kappa shape index (κ3) is 3.33. The van der Waals surface area contributed by atoms with Crippen molar-refractivity contribution in [2.24, 2.45) is 0 Å². The molecule has 2 nitrogen and oxygen atoms in total. The summed E-state index contributed by atoms with van der Waals surface area (Å²) in [4.78, 5) is 11.3. The van der Waals surface area contributed by atoms with Crippen LogP contribution in [0.3, 0.4) is 0 Å². The molecule has 0 amide bonds. The number of hydrogen-bond acceptors (Lipinski definition) is 2. The third-order valence-electron chi connectivity index (χ3n) is 2.25. The fourth-order valence-corrected chi connectivity index (χ4v) is 3.79. The van der Waals surface area contributed by atoms with E-state index >= 15 is 0 Å². The van der Waals surface area contributed by atoms with E-state index in [1.54, 1.807) is 0 Å². The van der Waals surface area contributed by atoms with Crippen LogP contribution in [0.5, 0.6) is 0 Å². The van der Waals surface area contributed by atoms with E-state index in [4.69, 9.17) is 0 Å². The molecule has 0 saturated carbocycles. The molecule has 2 aromatic rings. The van der Waals surface area contributed by atoms with Crippen LogP contribution >= 0.6 is 0 Å². The monoisotopic (exact) mass is 342 g/mol. The molecular formula is C14H12O2Te. The SMILES string of the molecule is COC(=O)c1ccc([Te]c2ccccc2)cc1. The number of hydrogen-bond donors (Lipinski definition) is 0. The molecule has 3 heteroatoms. The van der Waals surface area contributed by atoms with Crippen molar-refractivity contribution in [2.45, 2.75) is 0 Å². The van der Waals surface area contributed by atoms with Gasteiger partial charge in [0, 0.05) is 0 Å². The van der Waals surface area contributed by atoms with E-state index in [0.717, 1.165) is 0 Å². The van der Waals surface area contributed by atoms with Crippen LogP contribution in [0.2, 0.25) is 0 Å². The van der Waals surface area contributed by atoms with Gasteiger partial charge in [-0.1, -0.05) is 0 Å². The maximum atomic E-state index is 11.3. The molecule has 2 rings (SSSR count). The zero-order valence-electron chi connectivity index (χ0n) is 9.42. The van der Waals surface area contributed by atoms with Crippen molar-refractivity contribution in [3.05, 3.63) is 60.2 Å². The molecule has 0 unspecified atom stereocenters. The number of carbonyl (C=O) groups is 1. The quantitative estimate of drug-likeness (QED) is 0.619. The zero-order chi connectivity index (χ0) is 12.1. The van der Waals surface area contributed by atoms with Crippen molar-refractivity contribution in [3.63, 3.8) is 0 Å². The molecule has 0 aliphatic heterocycles. The van der Waals surface area contributed by atoms with Crippen LogP contribution in [-0.2, 0) is 4.74 Å². The second-order valence-corrected chi connectivity index (χ2v) is 6.70. The van der Waals surface area contributed by atoms with Gasteiger partial charge in [0.1, 0.15) is 0 Å². The minimum absolute atomic E-state index is 0.281. The molecule has 2 aromatic carbocycles. The number of benzene rings is 2. The molecule has 0 aromatic heterocycles. The van der Waals surface area contributed by atoms with Crippen molar-refractivity contribution in [2.75, 3.05) is 7.11 Å². The molecular weight excluding hydrogens is 328 g/mol. The Balaban J connectivity index is 2.11. The molecule has 0 radical (unpaired) electrons. The minimum atomic E-state index is -0.349. The van der Waals surface area contributed by atoms with Gasteiger partial charge in [-0.3, -0.25) is 0 Å². The van der Waals surface area contributed by atoms with Gasteiger partial charge in [-0.15, -0.1) is 0 Å². The first-order chi connectivity index (χ1) is 8.29. The van der Waals surface area contributed by atoms with Crippen molar-refractivity contribution < 1.29 is 9.53 Å². The van der Waals surface area contributed by atoms with Gasteiger partial charge in [0.25, 0.3) is 0 Å². The summed E-state index contributed by atoms with van der Waals surface area (Å²) in [5.74, 6) is -0.281. The summed E-state index contributed by atoms with van der Waals surface area (Å²) in [6.45, 7) is 0. The van der Waals surface area contributed by atoms with Crippen molar-refractivity contribution >= 4 is 34.1 Å². The molecule has 0 saturated heterocycles. The summed E-state index contributed by atoms with van der Waals surface area (Å²) in [7, 11) is 1.40. The molecule has 0 heterocycles. The first-order valence-corrected chi connectivity index (χ1v) is 7.54. The van der Waals surface area contributed by atoms with Crippen molar-refractivity contribution in [1.82, 2.24) is 0 Å². The Morgan fingerprint density at radius 2 is 1.53 bits per heavy atom. The van der Waals surface area contributed by atoms with Crippen LogP contribution in [0.1, 0.15) is 10.4 Å². The van der Waals surface area contributed by atoms with Gasteiger partial charge in [0.15, 0.2) is 0 Å². The normalized spacial score (nSPS) is 9.94. The zero-order valence-corrected chi connectivity index (χ0v) is 11.8. The summed E-state index contributed by atoms with van der Waals surface area (Å²) in [5, 5.41) is 0. The predicted octanol–water partition coefficient (Wildman–Crippen LogP) is 1.13. The van der Waals surface area contributed by atoms with Gasteiger partial charge in [-0.25, -0.2) is 0 Å². The van der Waals surface area contributed by atoms with Gasteiger partial charge in [0.2, 0.25) is 0 Å². The van der Waals surface area contributed by atoms with Gasteiger partial charge in [-0.05, 0) is 0 Å². The second-order valence-electron chi connectivity index (χ2n) is 3.43. The Morgan fingerprint density at radius 1 is 0.941 bits per heavy atom. The summed E-state index contributed by atoms with van der Waals surface area (Å²) >= 11 is -0.349. The molecule has 0 aliphatic carbocycles. The van der Waals surface area contributed by atoms with E-state index in [1.165, 1.54) is 14.3 Å². The van der Waals surface area contributed by atoms with Crippen LogP contribution in [0, 0.1) is 0 Å². The third-order valence-corrected chi connectivity index (χ3v) is 5.15. The van der Waals surface area contributed by atoms with Crippen LogP contribution < -0.4 is 7.22 Å². The summed E-state index contributed by atoms with van der Waals surface area (Å²) < 4.78 is 7.37. The predicted molar refractivity (Wildman–Crippen MR) is 69.2 cm³/mol. The van der Waals surface area contributed by atoms with Crippen LogP contribution in [0.4, 0.5) is 0 Å². The fourth-order valence-electron chi connectivity index (χ4n) is 1.40. The number of esters is 1. The molecule has 86 valence electrons. The van der Waals surface area contributed by atoms with E-state index in [1.807, 2.05) is 30.3 Å². The molecule has 0 aliphatic rings. The summed E-state index contributed by atoms with van der Waals surface area (Å²) in [6.07, 6.45) is 0. The molecule has 0 atom stereocenters. The molecule has 0 spiro atoms. The van der Waals surface area contributed by atoms with Crippen LogP contribution in [0.15, 0.2) is 54.6 Å². The molecule has 17 heavy (non-hydrogen) atoms. The van der Waals surface area contributed by atoms with E-state index in [0.29, 0.717) is 5.56 Å². The number of ether oxygens (including phenoxy) is 1. The Kier molecular flexibility index (Phi) is 4.19. The number of methoxy groups -OCH3 is 1. The molecule has 0 fully saturated rings. The van der Waals surface area contributed by atoms with Gasteiger partial charge in [0.05, 0.1) is 0 Å².